The van der Waals surface area contributed by atoms with Crippen molar-refractivity contribution in [2.24, 2.45) is 0 Å². The molecule has 3 heterocycles. The van der Waals surface area contributed by atoms with E-state index < -0.39 is 0 Å². The molecule has 0 spiro atoms. The van der Waals surface area contributed by atoms with Crippen molar-refractivity contribution in [1.29, 1.82) is 0 Å². The highest BCUT2D eigenvalue weighted by Crippen LogP contribution is 2.12. The van der Waals surface area contributed by atoms with Crippen LogP contribution in [0.5, 0.6) is 11.8 Å². The summed E-state index contributed by atoms with van der Waals surface area (Å²) >= 11 is 9.72. The van der Waals surface area contributed by atoms with E-state index in [1.165, 1.54) is 0 Å². The van der Waals surface area contributed by atoms with Crippen molar-refractivity contribution in [2.75, 3.05) is 81.7 Å². The van der Waals surface area contributed by atoms with Crippen LogP contribution in [0.2, 0.25) is 0 Å². The highest BCUT2D eigenvalue weighted by Gasteiger charge is 1.98. The van der Waals surface area contributed by atoms with Crippen LogP contribution in [-0.4, -0.2) is 123 Å². The van der Waals surface area contributed by atoms with Crippen molar-refractivity contribution in [3.63, 3.8) is 0 Å². The van der Waals surface area contributed by atoms with Gasteiger partial charge in [-0.3, -0.25) is 4.79 Å². The second-order valence-electron chi connectivity index (χ2n) is 8.93. The van der Waals surface area contributed by atoms with E-state index in [1.807, 2.05) is 88.5 Å². The molecule has 0 amide bonds. The van der Waals surface area contributed by atoms with Gasteiger partial charge in [0.15, 0.2) is 6.29 Å². The van der Waals surface area contributed by atoms with Crippen LogP contribution in [0.25, 0.3) is 0 Å². The van der Waals surface area contributed by atoms with E-state index >= 15 is 0 Å². The molecule has 0 saturated carbocycles. The first-order valence-corrected chi connectivity index (χ1v) is 15.0. The van der Waals surface area contributed by atoms with Crippen LogP contribution in [0.4, 0.5) is 0 Å². The first-order valence-electron chi connectivity index (χ1n) is 12.6. The highest BCUT2D eigenvalue weighted by atomic mass is 79.9. The van der Waals surface area contributed by atoms with E-state index in [0.717, 1.165) is 33.4 Å². The minimum atomic E-state index is 0.257. The summed E-state index contributed by atoms with van der Waals surface area (Å²) < 4.78 is 13.3. The zero-order valence-electron chi connectivity index (χ0n) is 24.5. The number of carbonyl (C=O) groups excluding carboxylic acids is 1. The predicted octanol–water partition coefficient (Wildman–Crippen LogP) is 4.77. The smallest absolute Gasteiger partial charge is 0.214 e. The fraction of sp³-hybridized carbons (Fsp3) is 0.429. The normalized spacial score (nSPS) is 10.1. The Kier molecular flexibility index (Phi) is 23.4. The van der Waals surface area contributed by atoms with Crippen molar-refractivity contribution in [3.05, 3.63) is 74.1 Å². The van der Waals surface area contributed by atoms with E-state index in [2.05, 4.69) is 67.6 Å². The number of aliphatic hydroxyl groups excluding tert-OH is 1. The second-order valence-corrected chi connectivity index (χ2v) is 11.4. The quantitative estimate of drug-likeness (QED) is 0.217. The molecule has 0 aliphatic carbocycles. The molecule has 0 bridgehead atoms. The lowest BCUT2D eigenvalue weighted by Crippen LogP contribution is -2.19. The van der Waals surface area contributed by atoms with Crippen LogP contribution in [0, 0.1) is 0 Å². The van der Waals surface area contributed by atoms with Gasteiger partial charge in [-0.15, -0.1) is 0 Å². The zero-order valence-corrected chi connectivity index (χ0v) is 29.3. The maximum Gasteiger partial charge on any atom is 0.214 e. The molecule has 0 saturated heterocycles. The largest absolute Gasteiger partial charge is 0.476 e. The maximum atomic E-state index is 10.4. The third-order valence-electron chi connectivity index (χ3n) is 4.36. The van der Waals surface area contributed by atoms with Gasteiger partial charge in [-0.05, 0) is 114 Å². The van der Waals surface area contributed by atoms with Crippen LogP contribution < -0.4 is 9.47 Å². The van der Waals surface area contributed by atoms with Crippen LogP contribution >= 0.6 is 47.8 Å². The fourth-order valence-corrected chi connectivity index (χ4v) is 3.55. The van der Waals surface area contributed by atoms with Gasteiger partial charge in [-0.1, -0.05) is 18.2 Å². The van der Waals surface area contributed by atoms with Gasteiger partial charge >= 0.3 is 0 Å². The Hall–Kier alpha value is -2.00. The number of likely N-dealkylation sites (N-methyl/N-ethyl adjacent to an activating group) is 3. The van der Waals surface area contributed by atoms with Gasteiger partial charge in [0.2, 0.25) is 11.8 Å². The zero-order chi connectivity index (χ0) is 31.0. The minimum absolute atomic E-state index is 0.257. The molecule has 0 aliphatic rings. The van der Waals surface area contributed by atoms with Gasteiger partial charge < -0.3 is 29.3 Å². The maximum absolute atomic E-state index is 10.4. The molecule has 228 valence electrons. The van der Waals surface area contributed by atoms with Crippen LogP contribution in [0.1, 0.15) is 10.5 Å². The number of halogens is 3. The molecule has 1 N–H and O–H groups in total. The van der Waals surface area contributed by atoms with Crippen molar-refractivity contribution >= 4 is 54.1 Å². The Morgan fingerprint density at radius 1 is 0.659 bits per heavy atom. The van der Waals surface area contributed by atoms with Crippen LogP contribution in [-0.2, 0) is 0 Å². The molecule has 3 rings (SSSR count). The number of ether oxygens (including phenoxy) is 2. The van der Waals surface area contributed by atoms with E-state index in [-0.39, 0.29) is 6.61 Å². The molecule has 41 heavy (non-hydrogen) atoms. The van der Waals surface area contributed by atoms with E-state index in [9.17, 15) is 4.79 Å². The Labute approximate surface area is 269 Å². The van der Waals surface area contributed by atoms with Crippen molar-refractivity contribution < 1.29 is 19.4 Å². The first-order chi connectivity index (χ1) is 19.5. The Bertz CT molecular complexity index is 1080. The molecule has 0 unspecified atom stereocenters. The Balaban J connectivity index is 0.000000547. The van der Waals surface area contributed by atoms with Gasteiger partial charge in [0.05, 0.1) is 6.61 Å². The van der Waals surface area contributed by atoms with Crippen LogP contribution in [0.15, 0.2) is 68.4 Å². The van der Waals surface area contributed by atoms with Crippen molar-refractivity contribution in [2.45, 2.75) is 0 Å². The molecule has 3 aromatic rings. The predicted molar refractivity (Wildman–Crippen MR) is 175 cm³/mol. The molecular formula is C28H41Br3N6O4. The SMILES string of the molecule is Brc1cccc(Br)n1.CN(C)CCO.CN(C)CCOc1cccc(Br)n1.CN(C)CCOc1cccc(C=O)n1. The number of carbonyl (C=O) groups is 1. The van der Waals surface area contributed by atoms with Gasteiger partial charge in [0.25, 0.3) is 0 Å². The monoisotopic (exact) mass is 762 g/mol. The summed E-state index contributed by atoms with van der Waals surface area (Å²) in [6.45, 7) is 3.98. The molecule has 13 heteroatoms. The average molecular weight is 765 g/mol. The van der Waals surface area contributed by atoms with Gasteiger partial charge in [-0.2, -0.15) is 0 Å². The number of pyridine rings is 3. The standard InChI is InChI=1S/C10H14N2O2.C9H13BrN2O.C5H3Br2N.C4H11NO/c1-12(2)6-7-14-10-5-3-4-9(8-13)11-10;1-12(2)6-7-13-9-5-3-4-8(10)11-9;6-4-2-1-3-5(7)8-4;1-5(2)3-4-6/h3-5,8H,6-7H2,1-2H3;3-5H,6-7H2,1-2H3;1-3H;6H,3-4H2,1-2H3. The summed E-state index contributed by atoms with van der Waals surface area (Å²) in [6.07, 6.45) is 0.707. The molecule has 0 aromatic carbocycles. The van der Waals surface area contributed by atoms with Gasteiger partial charge in [0.1, 0.15) is 32.7 Å². The molecule has 10 nitrogen and oxygen atoms in total. The minimum Gasteiger partial charge on any atom is -0.476 e. The summed E-state index contributed by atoms with van der Waals surface area (Å²) in [4.78, 5) is 28.6. The molecule has 0 aliphatic heterocycles. The number of aldehydes is 1. The number of nitrogens with zero attached hydrogens (tertiary/aromatic N) is 6. The number of aliphatic hydroxyl groups is 1. The molecule has 0 radical (unpaired) electrons. The second kappa shape index (κ2) is 24.6. The average Bonchev–Trinajstić information content (AvgIpc) is 2.89. The fourth-order valence-electron chi connectivity index (χ4n) is 2.30. The molecule has 3 aromatic heterocycles. The van der Waals surface area contributed by atoms with Crippen LogP contribution in [0.3, 0.4) is 0 Å². The van der Waals surface area contributed by atoms with Gasteiger partial charge in [-0.25, -0.2) is 15.0 Å². The Morgan fingerprint density at radius 2 is 1.07 bits per heavy atom. The summed E-state index contributed by atoms with van der Waals surface area (Å²) in [5.41, 5.74) is 0.396. The van der Waals surface area contributed by atoms with E-state index in [0.29, 0.717) is 37.0 Å². The topological polar surface area (TPSA) is 104 Å². The highest BCUT2D eigenvalue weighted by molar-refractivity contribution is 9.11. The molecule has 0 atom stereocenters. The van der Waals surface area contributed by atoms with E-state index in [1.54, 1.807) is 18.2 Å². The lowest BCUT2D eigenvalue weighted by molar-refractivity contribution is 0.111. The Morgan fingerprint density at radius 3 is 1.41 bits per heavy atom. The summed E-state index contributed by atoms with van der Waals surface area (Å²) in [7, 11) is 11.8. The number of hydrogen-bond donors (Lipinski definition) is 1. The third kappa shape index (κ3) is 24.3. The number of aromatic nitrogens is 3. The van der Waals surface area contributed by atoms with Crippen molar-refractivity contribution in [1.82, 2.24) is 29.7 Å². The first kappa shape index (κ1) is 39.0. The molecule has 0 fully saturated rings. The number of hydrogen-bond acceptors (Lipinski definition) is 10. The van der Waals surface area contributed by atoms with Gasteiger partial charge in [0, 0.05) is 31.8 Å². The summed E-state index contributed by atoms with van der Waals surface area (Å²) in [6, 6.07) is 16.4. The summed E-state index contributed by atoms with van der Waals surface area (Å²) in [5.74, 6) is 1.16. The molecular weight excluding hydrogens is 724 g/mol. The van der Waals surface area contributed by atoms with E-state index in [4.69, 9.17) is 14.6 Å². The lowest BCUT2D eigenvalue weighted by atomic mass is 10.4. The summed E-state index contributed by atoms with van der Waals surface area (Å²) in [5, 5.41) is 8.20. The number of rotatable bonds is 11. The lowest BCUT2D eigenvalue weighted by Gasteiger charge is -2.10. The third-order valence-corrected chi connectivity index (χ3v) is 5.69. The van der Waals surface area contributed by atoms with Crippen molar-refractivity contribution in [3.8, 4) is 11.8 Å².